The van der Waals surface area contributed by atoms with Crippen LogP contribution in [-0.4, -0.2) is 32.5 Å². The predicted octanol–water partition coefficient (Wildman–Crippen LogP) is 0.529. The Bertz CT molecular complexity index is 102. The van der Waals surface area contributed by atoms with E-state index < -0.39 is 0 Å². The Morgan fingerprint density at radius 2 is 2.45 bits per heavy atom. The molecular formula is C8H17NO2. The second-order valence-electron chi connectivity index (χ2n) is 3.02. The largest absolute Gasteiger partial charge is 0.383 e. The summed E-state index contributed by atoms with van der Waals surface area (Å²) in [5.74, 6) is 0. The molecule has 1 aliphatic heterocycles. The van der Waals surface area contributed by atoms with Crippen LogP contribution < -0.4 is 5.73 Å². The molecule has 1 heterocycles. The highest BCUT2D eigenvalue weighted by molar-refractivity contribution is 4.75. The van der Waals surface area contributed by atoms with Crippen molar-refractivity contribution in [2.45, 2.75) is 31.4 Å². The van der Waals surface area contributed by atoms with Gasteiger partial charge in [0.15, 0.2) is 0 Å². The van der Waals surface area contributed by atoms with Crippen LogP contribution in [0.4, 0.5) is 0 Å². The van der Waals surface area contributed by atoms with Crippen LogP contribution in [0.5, 0.6) is 0 Å². The molecule has 0 saturated carbocycles. The summed E-state index contributed by atoms with van der Waals surface area (Å²) in [7, 11) is 1.67. The zero-order chi connectivity index (χ0) is 8.10. The normalized spacial score (nSPS) is 28.4. The molecule has 0 bridgehead atoms. The lowest BCUT2D eigenvalue weighted by Gasteiger charge is -2.27. The third-order valence-corrected chi connectivity index (χ3v) is 2.05. The zero-order valence-corrected chi connectivity index (χ0v) is 7.08. The van der Waals surface area contributed by atoms with E-state index in [2.05, 4.69) is 0 Å². The number of nitrogens with two attached hydrogens (primary N) is 1. The third-order valence-electron chi connectivity index (χ3n) is 2.05. The van der Waals surface area contributed by atoms with Crippen LogP contribution in [0.25, 0.3) is 0 Å². The summed E-state index contributed by atoms with van der Waals surface area (Å²) in [4.78, 5) is 0. The minimum Gasteiger partial charge on any atom is -0.383 e. The number of methoxy groups -OCH3 is 1. The van der Waals surface area contributed by atoms with E-state index >= 15 is 0 Å². The van der Waals surface area contributed by atoms with Crippen LogP contribution in [0, 0.1) is 0 Å². The van der Waals surface area contributed by atoms with Gasteiger partial charge in [-0.05, 0) is 19.3 Å². The van der Waals surface area contributed by atoms with Crippen molar-refractivity contribution in [3.05, 3.63) is 0 Å². The maximum atomic E-state index is 5.81. The molecule has 1 fully saturated rings. The Balaban J connectivity index is 2.21. The molecular weight excluding hydrogens is 142 g/mol. The lowest BCUT2D eigenvalue weighted by Crippen LogP contribution is -2.41. The van der Waals surface area contributed by atoms with Gasteiger partial charge in [0.1, 0.15) is 0 Å². The Labute approximate surface area is 67.9 Å². The van der Waals surface area contributed by atoms with Crippen molar-refractivity contribution >= 4 is 0 Å². The molecule has 0 aromatic carbocycles. The van der Waals surface area contributed by atoms with Crippen molar-refractivity contribution in [3.63, 3.8) is 0 Å². The first-order valence-corrected chi connectivity index (χ1v) is 4.20. The predicted molar refractivity (Wildman–Crippen MR) is 43.4 cm³/mol. The first-order valence-electron chi connectivity index (χ1n) is 4.20. The topological polar surface area (TPSA) is 44.5 Å². The fourth-order valence-electron chi connectivity index (χ4n) is 1.40. The third kappa shape index (κ3) is 2.77. The fraction of sp³-hybridized carbons (Fsp3) is 1.00. The van der Waals surface area contributed by atoms with Crippen LogP contribution in [0.3, 0.4) is 0 Å². The van der Waals surface area contributed by atoms with E-state index in [1.165, 1.54) is 12.8 Å². The summed E-state index contributed by atoms with van der Waals surface area (Å²) in [6.45, 7) is 1.47. The molecule has 2 unspecified atom stereocenters. The zero-order valence-electron chi connectivity index (χ0n) is 7.08. The highest BCUT2D eigenvalue weighted by Gasteiger charge is 2.20. The maximum Gasteiger partial charge on any atom is 0.0748 e. The molecule has 0 aromatic heterocycles. The van der Waals surface area contributed by atoms with Gasteiger partial charge in [0, 0.05) is 13.7 Å². The average molecular weight is 159 g/mol. The molecule has 2 N–H and O–H groups in total. The molecule has 0 aliphatic carbocycles. The summed E-state index contributed by atoms with van der Waals surface area (Å²) < 4.78 is 10.4. The first-order chi connectivity index (χ1) is 5.34. The van der Waals surface area contributed by atoms with Crippen molar-refractivity contribution < 1.29 is 9.47 Å². The molecule has 66 valence electrons. The molecule has 0 radical (unpaired) electrons. The Morgan fingerprint density at radius 3 is 3.00 bits per heavy atom. The molecule has 3 heteroatoms. The smallest absolute Gasteiger partial charge is 0.0748 e. The monoisotopic (exact) mass is 159 g/mol. The second-order valence-corrected chi connectivity index (χ2v) is 3.02. The second kappa shape index (κ2) is 4.70. The molecule has 11 heavy (non-hydrogen) atoms. The van der Waals surface area contributed by atoms with E-state index in [9.17, 15) is 0 Å². The summed E-state index contributed by atoms with van der Waals surface area (Å²) in [6, 6.07) is 0.0558. The van der Waals surface area contributed by atoms with Gasteiger partial charge in [-0.2, -0.15) is 0 Å². The van der Waals surface area contributed by atoms with Crippen molar-refractivity contribution in [2.75, 3.05) is 20.3 Å². The Kier molecular flexibility index (Phi) is 3.83. The highest BCUT2D eigenvalue weighted by atomic mass is 16.5. The summed E-state index contributed by atoms with van der Waals surface area (Å²) in [5.41, 5.74) is 5.81. The number of hydrogen-bond donors (Lipinski definition) is 1. The van der Waals surface area contributed by atoms with Crippen LogP contribution in [0.1, 0.15) is 19.3 Å². The van der Waals surface area contributed by atoms with E-state index in [-0.39, 0.29) is 12.1 Å². The Hall–Kier alpha value is -0.120. The average Bonchev–Trinajstić information content (AvgIpc) is 2.07. The van der Waals surface area contributed by atoms with Gasteiger partial charge in [-0.25, -0.2) is 0 Å². The standard InChI is InChI=1S/C8H17NO2/c1-10-6-7(9)8-4-2-3-5-11-8/h7-8H,2-6,9H2,1H3. The first kappa shape index (κ1) is 8.97. The van der Waals surface area contributed by atoms with Gasteiger partial charge in [0.05, 0.1) is 18.8 Å². The highest BCUT2D eigenvalue weighted by Crippen LogP contribution is 2.14. The van der Waals surface area contributed by atoms with Gasteiger partial charge in [-0.1, -0.05) is 0 Å². The van der Waals surface area contributed by atoms with Gasteiger partial charge in [-0.15, -0.1) is 0 Å². The van der Waals surface area contributed by atoms with Crippen LogP contribution >= 0.6 is 0 Å². The van der Waals surface area contributed by atoms with Gasteiger partial charge in [-0.3, -0.25) is 0 Å². The van der Waals surface area contributed by atoms with Gasteiger partial charge in [0.2, 0.25) is 0 Å². The molecule has 0 aromatic rings. The number of ether oxygens (including phenoxy) is 2. The quantitative estimate of drug-likeness (QED) is 0.653. The minimum absolute atomic E-state index is 0.0558. The van der Waals surface area contributed by atoms with E-state index in [4.69, 9.17) is 15.2 Å². The molecule has 2 atom stereocenters. The van der Waals surface area contributed by atoms with E-state index in [1.807, 2.05) is 0 Å². The molecule has 3 nitrogen and oxygen atoms in total. The van der Waals surface area contributed by atoms with Crippen molar-refractivity contribution in [1.82, 2.24) is 0 Å². The van der Waals surface area contributed by atoms with Crippen LogP contribution in [-0.2, 0) is 9.47 Å². The van der Waals surface area contributed by atoms with Gasteiger partial charge >= 0.3 is 0 Å². The molecule has 1 saturated heterocycles. The van der Waals surface area contributed by atoms with Crippen LogP contribution in [0.15, 0.2) is 0 Å². The minimum atomic E-state index is 0.0558. The summed E-state index contributed by atoms with van der Waals surface area (Å²) in [5, 5.41) is 0. The van der Waals surface area contributed by atoms with Crippen LogP contribution in [0.2, 0.25) is 0 Å². The molecule has 0 amide bonds. The van der Waals surface area contributed by atoms with Gasteiger partial charge in [0.25, 0.3) is 0 Å². The van der Waals surface area contributed by atoms with Crippen molar-refractivity contribution in [1.29, 1.82) is 0 Å². The lowest BCUT2D eigenvalue weighted by molar-refractivity contribution is -0.0153. The van der Waals surface area contributed by atoms with E-state index in [0.717, 1.165) is 13.0 Å². The van der Waals surface area contributed by atoms with Gasteiger partial charge < -0.3 is 15.2 Å². The van der Waals surface area contributed by atoms with Crippen molar-refractivity contribution in [3.8, 4) is 0 Å². The molecule has 1 aliphatic rings. The summed E-state index contributed by atoms with van der Waals surface area (Å²) in [6.07, 6.45) is 3.73. The van der Waals surface area contributed by atoms with Crippen molar-refractivity contribution in [2.24, 2.45) is 5.73 Å². The Morgan fingerprint density at radius 1 is 1.64 bits per heavy atom. The van der Waals surface area contributed by atoms with E-state index in [1.54, 1.807) is 7.11 Å². The van der Waals surface area contributed by atoms with E-state index in [0.29, 0.717) is 6.61 Å². The SMILES string of the molecule is COCC(N)C1CCCCO1. The number of rotatable bonds is 3. The lowest BCUT2D eigenvalue weighted by atomic mass is 10.0. The summed E-state index contributed by atoms with van der Waals surface area (Å²) >= 11 is 0. The maximum absolute atomic E-state index is 5.81. The molecule has 0 spiro atoms. The number of hydrogen-bond acceptors (Lipinski definition) is 3. The fourth-order valence-corrected chi connectivity index (χ4v) is 1.40. The molecule has 1 rings (SSSR count).